The normalized spacial score (nSPS) is 13.7. The third-order valence-electron chi connectivity index (χ3n) is 5.39. The molecule has 1 aliphatic heterocycles. The summed E-state index contributed by atoms with van der Waals surface area (Å²) in [6.07, 6.45) is 0. The molecule has 1 aliphatic rings. The van der Waals surface area contributed by atoms with E-state index in [0.717, 1.165) is 16.7 Å². The van der Waals surface area contributed by atoms with Crippen molar-refractivity contribution >= 4 is 11.5 Å². The average molecular weight is 383 g/mol. The van der Waals surface area contributed by atoms with E-state index in [2.05, 4.69) is 66.5 Å². The van der Waals surface area contributed by atoms with Crippen LogP contribution in [0.1, 0.15) is 35.1 Å². The van der Waals surface area contributed by atoms with Crippen molar-refractivity contribution in [3.05, 3.63) is 108 Å². The standard InChI is InChI=1S/C26H25NO2/c1-18(2)24-22(14-9-15-23(24)29-26(28)21-16-27-17-21)25(19-10-5-3-6-11-19)20-12-7-4-8-13-20/h3-15,21,25,27H,1,16-17H2,2H3. The van der Waals surface area contributed by atoms with Gasteiger partial charge in [0.2, 0.25) is 0 Å². The Morgan fingerprint density at radius 1 is 0.931 bits per heavy atom. The first kappa shape index (κ1) is 19.2. The molecule has 1 heterocycles. The zero-order chi connectivity index (χ0) is 20.2. The maximum atomic E-state index is 12.5. The van der Waals surface area contributed by atoms with Gasteiger partial charge in [0, 0.05) is 24.6 Å². The van der Waals surface area contributed by atoms with Gasteiger partial charge in [-0.25, -0.2) is 0 Å². The molecular weight excluding hydrogens is 358 g/mol. The van der Waals surface area contributed by atoms with E-state index < -0.39 is 0 Å². The van der Waals surface area contributed by atoms with Crippen molar-refractivity contribution < 1.29 is 9.53 Å². The average Bonchev–Trinajstić information content (AvgIpc) is 2.68. The molecule has 0 bridgehead atoms. The Labute approximate surface area is 172 Å². The van der Waals surface area contributed by atoms with Gasteiger partial charge in [0.1, 0.15) is 5.75 Å². The highest BCUT2D eigenvalue weighted by molar-refractivity contribution is 5.80. The molecule has 0 amide bonds. The molecule has 0 saturated carbocycles. The molecule has 29 heavy (non-hydrogen) atoms. The third-order valence-corrected chi connectivity index (χ3v) is 5.39. The lowest BCUT2D eigenvalue weighted by molar-refractivity contribution is -0.140. The van der Waals surface area contributed by atoms with Gasteiger partial charge in [0.15, 0.2) is 0 Å². The Balaban J connectivity index is 1.83. The smallest absolute Gasteiger partial charge is 0.316 e. The van der Waals surface area contributed by atoms with Crippen LogP contribution in [0.25, 0.3) is 5.57 Å². The number of hydrogen-bond donors (Lipinski definition) is 1. The van der Waals surface area contributed by atoms with Crippen LogP contribution >= 0.6 is 0 Å². The molecule has 0 unspecified atom stereocenters. The number of nitrogens with one attached hydrogen (secondary N) is 1. The summed E-state index contributed by atoms with van der Waals surface area (Å²) in [6.45, 7) is 7.52. The van der Waals surface area contributed by atoms with Crippen molar-refractivity contribution in [2.24, 2.45) is 5.92 Å². The first-order chi connectivity index (χ1) is 14.1. The zero-order valence-corrected chi connectivity index (χ0v) is 16.6. The molecule has 1 N–H and O–H groups in total. The molecule has 4 rings (SSSR count). The molecule has 3 nitrogen and oxygen atoms in total. The molecule has 0 atom stereocenters. The highest BCUT2D eigenvalue weighted by atomic mass is 16.5. The van der Waals surface area contributed by atoms with Crippen molar-refractivity contribution in [1.82, 2.24) is 5.32 Å². The molecule has 0 aliphatic carbocycles. The lowest BCUT2D eigenvalue weighted by Crippen LogP contribution is -2.48. The highest BCUT2D eigenvalue weighted by Gasteiger charge is 2.29. The van der Waals surface area contributed by atoms with Gasteiger partial charge in [-0.1, -0.05) is 79.4 Å². The minimum absolute atomic E-state index is 0.0214. The second-order valence-corrected chi connectivity index (χ2v) is 7.53. The largest absolute Gasteiger partial charge is 0.426 e. The van der Waals surface area contributed by atoms with E-state index in [-0.39, 0.29) is 17.8 Å². The summed E-state index contributed by atoms with van der Waals surface area (Å²) in [5.41, 5.74) is 5.26. The molecule has 146 valence electrons. The Morgan fingerprint density at radius 2 is 1.52 bits per heavy atom. The molecule has 1 saturated heterocycles. The maximum absolute atomic E-state index is 12.5. The summed E-state index contributed by atoms with van der Waals surface area (Å²) >= 11 is 0. The number of esters is 1. The summed E-state index contributed by atoms with van der Waals surface area (Å²) in [5.74, 6) is 0.354. The molecule has 0 aromatic heterocycles. The summed E-state index contributed by atoms with van der Waals surface area (Å²) < 4.78 is 5.83. The lowest BCUT2D eigenvalue weighted by Gasteiger charge is -2.27. The van der Waals surface area contributed by atoms with Crippen LogP contribution in [-0.2, 0) is 4.79 Å². The van der Waals surface area contributed by atoms with E-state index in [1.54, 1.807) is 0 Å². The second kappa shape index (κ2) is 8.46. The van der Waals surface area contributed by atoms with E-state index in [1.165, 1.54) is 11.1 Å². The van der Waals surface area contributed by atoms with E-state index >= 15 is 0 Å². The van der Waals surface area contributed by atoms with Gasteiger partial charge in [-0.3, -0.25) is 4.79 Å². The fourth-order valence-electron chi connectivity index (χ4n) is 3.82. The van der Waals surface area contributed by atoms with Gasteiger partial charge < -0.3 is 10.1 Å². The summed E-state index contributed by atoms with van der Waals surface area (Å²) in [5, 5.41) is 3.12. The summed E-state index contributed by atoms with van der Waals surface area (Å²) in [7, 11) is 0. The number of carbonyl (C=O) groups excluding carboxylic acids is 1. The summed E-state index contributed by atoms with van der Waals surface area (Å²) in [6, 6.07) is 26.8. The number of ether oxygens (including phenoxy) is 1. The molecule has 1 fully saturated rings. The van der Waals surface area contributed by atoms with Gasteiger partial charge >= 0.3 is 5.97 Å². The van der Waals surface area contributed by atoms with Gasteiger partial charge in [-0.05, 0) is 35.3 Å². The minimum Gasteiger partial charge on any atom is -0.426 e. The fraction of sp³-hybridized carbons (Fsp3) is 0.192. The molecule has 3 aromatic rings. The van der Waals surface area contributed by atoms with Crippen molar-refractivity contribution in [2.75, 3.05) is 13.1 Å². The molecule has 3 aromatic carbocycles. The van der Waals surface area contributed by atoms with Gasteiger partial charge in [0.25, 0.3) is 0 Å². The number of hydrogen-bond acceptors (Lipinski definition) is 3. The predicted molar refractivity (Wildman–Crippen MR) is 117 cm³/mol. The quantitative estimate of drug-likeness (QED) is 0.369. The van der Waals surface area contributed by atoms with Crippen molar-refractivity contribution in [1.29, 1.82) is 0 Å². The van der Waals surface area contributed by atoms with Crippen LogP contribution < -0.4 is 10.1 Å². The van der Waals surface area contributed by atoms with Crippen LogP contribution in [0.3, 0.4) is 0 Å². The van der Waals surface area contributed by atoms with Crippen molar-refractivity contribution in [3.63, 3.8) is 0 Å². The van der Waals surface area contributed by atoms with Crippen LogP contribution in [0.2, 0.25) is 0 Å². The van der Waals surface area contributed by atoms with Gasteiger partial charge in [-0.2, -0.15) is 0 Å². The van der Waals surface area contributed by atoms with E-state index in [9.17, 15) is 4.79 Å². The van der Waals surface area contributed by atoms with E-state index in [4.69, 9.17) is 4.74 Å². The summed E-state index contributed by atoms with van der Waals surface area (Å²) in [4.78, 5) is 12.5. The Bertz CT molecular complexity index is 968. The number of allylic oxidation sites excluding steroid dienone is 1. The molecule has 0 spiro atoms. The minimum atomic E-state index is -0.181. The number of benzene rings is 3. The first-order valence-corrected chi connectivity index (χ1v) is 9.96. The Hall–Kier alpha value is -3.17. The second-order valence-electron chi connectivity index (χ2n) is 7.53. The van der Waals surface area contributed by atoms with Crippen LogP contribution in [0, 0.1) is 5.92 Å². The molecule has 0 radical (unpaired) electrons. The molecular formula is C26H25NO2. The fourth-order valence-corrected chi connectivity index (χ4v) is 3.82. The SMILES string of the molecule is C=C(C)c1c(OC(=O)C2CNC2)cccc1C(c1ccccc1)c1ccccc1. The molecule has 3 heteroatoms. The van der Waals surface area contributed by atoms with Crippen LogP contribution in [0.15, 0.2) is 85.4 Å². The highest BCUT2D eigenvalue weighted by Crippen LogP contribution is 2.40. The Morgan fingerprint density at radius 3 is 2.00 bits per heavy atom. The van der Waals surface area contributed by atoms with E-state index in [0.29, 0.717) is 18.8 Å². The number of rotatable bonds is 6. The van der Waals surface area contributed by atoms with Gasteiger partial charge in [-0.15, -0.1) is 0 Å². The monoisotopic (exact) mass is 383 g/mol. The maximum Gasteiger partial charge on any atom is 0.316 e. The zero-order valence-electron chi connectivity index (χ0n) is 16.6. The lowest BCUT2D eigenvalue weighted by atomic mass is 9.81. The third kappa shape index (κ3) is 4.01. The van der Waals surface area contributed by atoms with Crippen molar-refractivity contribution in [2.45, 2.75) is 12.8 Å². The predicted octanol–water partition coefficient (Wildman–Crippen LogP) is 5.02. The van der Waals surface area contributed by atoms with Gasteiger partial charge in [0.05, 0.1) is 5.92 Å². The Kier molecular flexibility index (Phi) is 5.59. The van der Waals surface area contributed by atoms with Crippen molar-refractivity contribution in [3.8, 4) is 5.75 Å². The van der Waals surface area contributed by atoms with Crippen LogP contribution in [-0.4, -0.2) is 19.1 Å². The topological polar surface area (TPSA) is 38.3 Å². The van der Waals surface area contributed by atoms with E-state index in [1.807, 2.05) is 31.2 Å². The first-order valence-electron chi connectivity index (χ1n) is 9.96. The van der Waals surface area contributed by atoms with Crippen LogP contribution in [0.5, 0.6) is 5.75 Å². The number of carbonyl (C=O) groups is 1. The van der Waals surface area contributed by atoms with Crippen LogP contribution in [0.4, 0.5) is 0 Å².